The summed E-state index contributed by atoms with van der Waals surface area (Å²) in [6, 6.07) is 7.29. The van der Waals surface area contributed by atoms with E-state index in [9.17, 15) is 4.39 Å². The fraction of sp³-hybridized carbons (Fsp3) is 0.267. The highest BCUT2D eigenvalue weighted by Gasteiger charge is 2.18. The Kier molecular flexibility index (Phi) is 5.74. The molecule has 0 amide bonds. The highest BCUT2D eigenvalue weighted by molar-refractivity contribution is 14.1. The van der Waals surface area contributed by atoms with Crippen molar-refractivity contribution in [3.8, 4) is 0 Å². The summed E-state index contributed by atoms with van der Waals surface area (Å²) in [6.45, 7) is 2.88. The van der Waals surface area contributed by atoms with Gasteiger partial charge >= 0.3 is 0 Å². The quantitative estimate of drug-likeness (QED) is 0.739. The van der Waals surface area contributed by atoms with Crippen LogP contribution >= 0.6 is 34.2 Å². The molecule has 20 heavy (non-hydrogen) atoms. The minimum atomic E-state index is -0.309. The van der Waals surface area contributed by atoms with Crippen molar-refractivity contribution >= 4 is 34.2 Å². The van der Waals surface area contributed by atoms with Crippen molar-refractivity contribution < 1.29 is 4.39 Å². The Balaban J connectivity index is 2.41. The molecule has 0 bridgehead atoms. The van der Waals surface area contributed by atoms with E-state index in [0.29, 0.717) is 10.6 Å². The number of nitrogens with one attached hydrogen (secondary N) is 1. The molecule has 1 aromatic heterocycles. The maximum atomic E-state index is 14.0. The molecule has 1 N–H and O–H groups in total. The standard InChI is InChI=1S/C15H15ClFIN2/c1-2-6-20-15(11-5-7-19-9-13(11)17)10-3-4-14(18)12(16)8-10/h3-5,7-9,15,20H,2,6H2,1H3. The number of hydrogen-bond acceptors (Lipinski definition) is 2. The molecule has 0 saturated carbocycles. The Morgan fingerprint density at radius 2 is 2.20 bits per heavy atom. The van der Waals surface area contributed by atoms with Gasteiger partial charge in [-0.25, -0.2) is 4.39 Å². The molecule has 1 atom stereocenters. The van der Waals surface area contributed by atoms with Crippen molar-refractivity contribution in [2.24, 2.45) is 0 Å². The second-order valence-electron chi connectivity index (χ2n) is 4.46. The summed E-state index contributed by atoms with van der Waals surface area (Å²) in [7, 11) is 0. The molecule has 2 aromatic rings. The largest absolute Gasteiger partial charge is 0.306 e. The molecule has 106 valence electrons. The lowest BCUT2D eigenvalue weighted by Crippen LogP contribution is -2.24. The number of rotatable bonds is 5. The number of benzene rings is 1. The van der Waals surface area contributed by atoms with Crippen LogP contribution in [0.25, 0.3) is 0 Å². The summed E-state index contributed by atoms with van der Waals surface area (Å²) < 4.78 is 15.0. The minimum Gasteiger partial charge on any atom is -0.306 e. The van der Waals surface area contributed by atoms with E-state index in [1.54, 1.807) is 12.3 Å². The molecule has 0 aliphatic carbocycles. The summed E-state index contributed by atoms with van der Waals surface area (Å²) in [5.41, 5.74) is 1.54. The first-order valence-corrected chi connectivity index (χ1v) is 7.87. The highest BCUT2D eigenvalue weighted by Crippen LogP contribution is 2.28. The number of hydrogen-bond donors (Lipinski definition) is 1. The molecule has 5 heteroatoms. The van der Waals surface area contributed by atoms with E-state index in [4.69, 9.17) is 11.6 Å². The van der Waals surface area contributed by atoms with Gasteiger partial charge < -0.3 is 5.32 Å². The zero-order valence-corrected chi connectivity index (χ0v) is 14.0. The van der Waals surface area contributed by atoms with E-state index in [2.05, 4.69) is 39.8 Å². The van der Waals surface area contributed by atoms with E-state index >= 15 is 0 Å². The van der Waals surface area contributed by atoms with Crippen molar-refractivity contribution in [2.45, 2.75) is 19.4 Å². The zero-order valence-electron chi connectivity index (χ0n) is 11.0. The van der Waals surface area contributed by atoms with Crippen LogP contribution in [0, 0.1) is 9.39 Å². The van der Waals surface area contributed by atoms with Gasteiger partial charge in [-0.1, -0.05) is 24.6 Å². The van der Waals surface area contributed by atoms with Gasteiger partial charge in [0.1, 0.15) is 5.82 Å². The lowest BCUT2D eigenvalue weighted by molar-refractivity contribution is 0.543. The highest BCUT2D eigenvalue weighted by atomic mass is 127. The SMILES string of the molecule is CCCNC(c1ccc(I)c(Cl)c1)c1ccncc1F. The number of aromatic nitrogens is 1. The summed E-state index contributed by atoms with van der Waals surface area (Å²) >= 11 is 8.36. The van der Waals surface area contributed by atoms with E-state index in [1.165, 1.54) is 6.20 Å². The maximum absolute atomic E-state index is 14.0. The van der Waals surface area contributed by atoms with Crippen molar-refractivity contribution in [3.63, 3.8) is 0 Å². The molecule has 0 aliphatic heterocycles. The predicted octanol–water partition coefficient (Wildman–Crippen LogP) is 4.57. The Bertz CT molecular complexity index is 592. The van der Waals surface area contributed by atoms with Crippen LogP contribution in [0.2, 0.25) is 5.02 Å². The van der Waals surface area contributed by atoms with E-state index in [1.807, 2.05) is 18.2 Å². The van der Waals surface area contributed by atoms with E-state index in [-0.39, 0.29) is 11.9 Å². The second-order valence-corrected chi connectivity index (χ2v) is 6.03. The third-order valence-corrected chi connectivity index (χ3v) is 4.56. The van der Waals surface area contributed by atoms with Gasteiger partial charge in [-0.3, -0.25) is 4.98 Å². The van der Waals surface area contributed by atoms with Crippen molar-refractivity contribution in [1.29, 1.82) is 0 Å². The van der Waals surface area contributed by atoms with Crippen LogP contribution in [-0.4, -0.2) is 11.5 Å². The van der Waals surface area contributed by atoms with E-state index < -0.39 is 0 Å². The van der Waals surface area contributed by atoms with Gasteiger partial charge in [-0.2, -0.15) is 0 Å². The zero-order chi connectivity index (χ0) is 14.5. The molecule has 1 heterocycles. The lowest BCUT2D eigenvalue weighted by atomic mass is 9.99. The third-order valence-electron chi connectivity index (χ3n) is 2.99. The second kappa shape index (κ2) is 7.33. The van der Waals surface area contributed by atoms with Gasteiger partial charge in [0.05, 0.1) is 17.3 Å². The van der Waals surface area contributed by atoms with Gasteiger partial charge in [0.15, 0.2) is 0 Å². The maximum Gasteiger partial charge on any atom is 0.146 e. The molecule has 1 unspecified atom stereocenters. The average molecular weight is 405 g/mol. The molecule has 0 fully saturated rings. The van der Waals surface area contributed by atoms with Crippen LogP contribution in [0.3, 0.4) is 0 Å². The van der Waals surface area contributed by atoms with E-state index in [0.717, 1.165) is 22.1 Å². The van der Waals surface area contributed by atoms with Crippen LogP contribution in [0.1, 0.15) is 30.5 Å². The van der Waals surface area contributed by atoms with Crippen LogP contribution in [0.4, 0.5) is 4.39 Å². The molecule has 1 aromatic carbocycles. The molecule has 0 saturated heterocycles. The first-order valence-electron chi connectivity index (χ1n) is 6.41. The third kappa shape index (κ3) is 3.68. The Morgan fingerprint density at radius 3 is 2.85 bits per heavy atom. The van der Waals surface area contributed by atoms with Crippen LogP contribution < -0.4 is 5.32 Å². The predicted molar refractivity (Wildman–Crippen MR) is 88.5 cm³/mol. The minimum absolute atomic E-state index is 0.215. The summed E-state index contributed by atoms with van der Waals surface area (Å²) in [4.78, 5) is 3.80. The molecule has 2 rings (SSSR count). The van der Waals surface area contributed by atoms with Crippen molar-refractivity contribution in [3.05, 3.63) is 62.2 Å². The first-order chi connectivity index (χ1) is 9.63. The Hall–Kier alpha value is -0.720. The monoisotopic (exact) mass is 404 g/mol. The average Bonchev–Trinajstić information content (AvgIpc) is 2.44. The van der Waals surface area contributed by atoms with Gasteiger partial charge in [0, 0.05) is 15.3 Å². The normalized spacial score (nSPS) is 12.4. The summed E-state index contributed by atoms with van der Waals surface area (Å²) in [5.74, 6) is -0.309. The van der Waals surface area contributed by atoms with Crippen LogP contribution in [-0.2, 0) is 0 Å². The first kappa shape index (κ1) is 15.7. The van der Waals surface area contributed by atoms with Gasteiger partial charge in [0.25, 0.3) is 0 Å². The number of nitrogens with zero attached hydrogens (tertiary/aromatic N) is 1. The van der Waals surface area contributed by atoms with Crippen molar-refractivity contribution in [1.82, 2.24) is 10.3 Å². The molecule has 0 aliphatic rings. The molecule has 2 nitrogen and oxygen atoms in total. The molecule has 0 radical (unpaired) electrons. The van der Waals surface area contributed by atoms with Gasteiger partial charge in [-0.15, -0.1) is 0 Å². The summed E-state index contributed by atoms with van der Waals surface area (Å²) in [5, 5.41) is 4.04. The Labute approximate surface area is 136 Å². The van der Waals surface area contributed by atoms with Gasteiger partial charge in [-0.05, 0) is 59.3 Å². The van der Waals surface area contributed by atoms with Crippen LogP contribution in [0.15, 0.2) is 36.7 Å². The number of pyridine rings is 1. The fourth-order valence-corrected chi connectivity index (χ4v) is 2.53. The molecular formula is C15H15ClFIN2. The number of halogens is 3. The lowest BCUT2D eigenvalue weighted by Gasteiger charge is -2.20. The van der Waals surface area contributed by atoms with Gasteiger partial charge in [0.2, 0.25) is 0 Å². The Morgan fingerprint density at radius 1 is 1.40 bits per heavy atom. The van der Waals surface area contributed by atoms with Crippen molar-refractivity contribution in [2.75, 3.05) is 6.54 Å². The topological polar surface area (TPSA) is 24.9 Å². The van der Waals surface area contributed by atoms with Crippen LogP contribution in [0.5, 0.6) is 0 Å². The summed E-state index contributed by atoms with van der Waals surface area (Å²) in [6.07, 6.45) is 3.82. The molecular weight excluding hydrogens is 390 g/mol. The fourth-order valence-electron chi connectivity index (χ4n) is 2.01. The molecule has 0 spiro atoms. The smallest absolute Gasteiger partial charge is 0.146 e.